The van der Waals surface area contributed by atoms with Gasteiger partial charge in [0.1, 0.15) is 6.04 Å². The first-order valence-corrected chi connectivity index (χ1v) is 6.93. The van der Waals surface area contributed by atoms with Crippen LogP contribution in [0.25, 0.3) is 0 Å². The molecule has 4 heteroatoms. The molecule has 1 saturated heterocycles. The Morgan fingerprint density at radius 2 is 2.29 bits per heavy atom. The molecule has 1 fully saturated rings. The molecule has 0 aromatic heterocycles. The molecule has 1 aliphatic heterocycles. The van der Waals surface area contributed by atoms with Crippen molar-refractivity contribution in [2.75, 3.05) is 26.2 Å². The average molecular weight is 241 g/mol. The Morgan fingerprint density at radius 1 is 1.53 bits per heavy atom. The van der Waals surface area contributed by atoms with E-state index in [0.29, 0.717) is 12.5 Å². The molecule has 1 heterocycles. The molecule has 0 aromatic carbocycles. The fraction of sp³-hybridized carbons (Fsp3) is 0.923. The van der Waals surface area contributed by atoms with E-state index >= 15 is 0 Å². The van der Waals surface area contributed by atoms with Crippen molar-refractivity contribution in [1.82, 2.24) is 10.2 Å². The molecular formula is C13H27N3O. The summed E-state index contributed by atoms with van der Waals surface area (Å²) in [7, 11) is 0. The van der Waals surface area contributed by atoms with Crippen molar-refractivity contribution < 1.29 is 4.79 Å². The molecular weight excluding hydrogens is 214 g/mol. The van der Waals surface area contributed by atoms with Crippen LogP contribution < -0.4 is 11.1 Å². The first-order valence-electron chi connectivity index (χ1n) is 6.93. The summed E-state index contributed by atoms with van der Waals surface area (Å²) in [4.78, 5) is 13.7. The van der Waals surface area contributed by atoms with Gasteiger partial charge in [-0.3, -0.25) is 9.69 Å². The van der Waals surface area contributed by atoms with Gasteiger partial charge in [0, 0.05) is 26.2 Å². The molecule has 2 atom stereocenters. The van der Waals surface area contributed by atoms with Gasteiger partial charge in [-0.25, -0.2) is 0 Å². The number of hydrogen-bond acceptors (Lipinski definition) is 3. The minimum Gasteiger partial charge on any atom is -0.368 e. The number of primary amides is 1. The molecule has 0 saturated carbocycles. The molecule has 2 unspecified atom stereocenters. The quantitative estimate of drug-likeness (QED) is 0.698. The van der Waals surface area contributed by atoms with Crippen LogP contribution in [0.15, 0.2) is 0 Å². The predicted octanol–water partition coefficient (Wildman–Crippen LogP) is 0.962. The average Bonchev–Trinajstić information content (AvgIpc) is 2.34. The van der Waals surface area contributed by atoms with E-state index in [2.05, 4.69) is 24.1 Å². The van der Waals surface area contributed by atoms with E-state index in [9.17, 15) is 4.79 Å². The van der Waals surface area contributed by atoms with Crippen LogP contribution in [0, 0.1) is 5.92 Å². The first kappa shape index (κ1) is 14.5. The van der Waals surface area contributed by atoms with Gasteiger partial charge >= 0.3 is 0 Å². The van der Waals surface area contributed by atoms with Gasteiger partial charge in [0.15, 0.2) is 0 Å². The van der Waals surface area contributed by atoms with Crippen molar-refractivity contribution in [3.05, 3.63) is 0 Å². The Morgan fingerprint density at radius 3 is 2.88 bits per heavy atom. The zero-order valence-corrected chi connectivity index (χ0v) is 11.2. The third-order valence-electron chi connectivity index (χ3n) is 3.72. The van der Waals surface area contributed by atoms with Crippen molar-refractivity contribution >= 4 is 5.91 Å². The van der Waals surface area contributed by atoms with Crippen LogP contribution in [0.1, 0.15) is 39.5 Å². The molecule has 4 nitrogen and oxygen atoms in total. The first-order chi connectivity index (χ1) is 8.19. The molecule has 1 rings (SSSR count). The SMILES string of the molecule is CCCCC(CC)CN1CCNCC1C(N)=O. The highest BCUT2D eigenvalue weighted by Gasteiger charge is 2.27. The zero-order valence-electron chi connectivity index (χ0n) is 11.2. The van der Waals surface area contributed by atoms with E-state index in [1.54, 1.807) is 0 Å². The van der Waals surface area contributed by atoms with E-state index in [-0.39, 0.29) is 11.9 Å². The van der Waals surface area contributed by atoms with Crippen LogP contribution in [-0.2, 0) is 4.79 Å². The summed E-state index contributed by atoms with van der Waals surface area (Å²) in [5.74, 6) is 0.512. The Hall–Kier alpha value is -0.610. The topological polar surface area (TPSA) is 58.4 Å². The molecule has 0 aromatic rings. The van der Waals surface area contributed by atoms with Gasteiger partial charge in [0.25, 0.3) is 0 Å². The lowest BCUT2D eigenvalue weighted by Gasteiger charge is -2.36. The van der Waals surface area contributed by atoms with Gasteiger partial charge in [-0.2, -0.15) is 0 Å². The van der Waals surface area contributed by atoms with E-state index in [4.69, 9.17) is 5.73 Å². The number of hydrogen-bond donors (Lipinski definition) is 2. The maximum Gasteiger partial charge on any atom is 0.236 e. The second-order valence-corrected chi connectivity index (χ2v) is 5.03. The van der Waals surface area contributed by atoms with Crippen LogP contribution >= 0.6 is 0 Å². The Bertz CT molecular complexity index is 233. The van der Waals surface area contributed by atoms with E-state index < -0.39 is 0 Å². The van der Waals surface area contributed by atoms with Crippen molar-refractivity contribution in [3.63, 3.8) is 0 Å². The summed E-state index contributed by atoms with van der Waals surface area (Å²) in [6.45, 7) is 8.10. The van der Waals surface area contributed by atoms with Gasteiger partial charge in [0.05, 0.1) is 0 Å². The lowest BCUT2D eigenvalue weighted by Crippen LogP contribution is -2.57. The molecule has 0 spiro atoms. The summed E-state index contributed by atoms with van der Waals surface area (Å²) < 4.78 is 0. The highest BCUT2D eigenvalue weighted by molar-refractivity contribution is 5.80. The summed E-state index contributed by atoms with van der Waals surface area (Å²) in [5, 5.41) is 3.24. The summed E-state index contributed by atoms with van der Waals surface area (Å²) >= 11 is 0. The number of carbonyl (C=O) groups excluding carboxylic acids is 1. The molecule has 3 N–H and O–H groups in total. The standard InChI is InChI=1S/C13H27N3O/c1-3-5-6-11(4-2)10-16-8-7-15-9-12(16)13(14)17/h11-12,15H,3-10H2,1-2H3,(H2,14,17). The van der Waals surface area contributed by atoms with Crippen molar-refractivity contribution in [2.45, 2.75) is 45.6 Å². The number of unbranched alkanes of at least 4 members (excludes halogenated alkanes) is 1. The highest BCUT2D eigenvalue weighted by Crippen LogP contribution is 2.16. The number of nitrogens with two attached hydrogens (primary N) is 1. The maximum absolute atomic E-state index is 11.4. The Balaban J connectivity index is 2.47. The number of carbonyl (C=O) groups is 1. The lowest BCUT2D eigenvalue weighted by molar-refractivity contribution is -0.124. The molecule has 0 radical (unpaired) electrons. The number of nitrogens with one attached hydrogen (secondary N) is 1. The van der Waals surface area contributed by atoms with Gasteiger partial charge in [-0.05, 0) is 12.3 Å². The minimum atomic E-state index is -0.192. The maximum atomic E-state index is 11.4. The van der Waals surface area contributed by atoms with Gasteiger partial charge < -0.3 is 11.1 Å². The molecule has 1 aliphatic rings. The normalized spacial score (nSPS) is 23.5. The number of rotatable bonds is 7. The second-order valence-electron chi connectivity index (χ2n) is 5.03. The summed E-state index contributed by atoms with van der Waals surface area (Å²) in [6.07, 6.45) is 4.99. The summed E-state index contributed by atoms with van der Waals surface area (Å²) in [5.41, 5.74) is 5.45. The summed E-state index contributed by atoms with van der Waals surface area (Å²) in [6, 6.07) is -0.112. The molecule has 1 amide bonds. The third kappa shape index (κ3) is 4.64. The fourth-order valence-electron chi connectivity index (χ4n) is 2.49. The second kappa shape index (κ2) is 7.67. The predicted molar refractivity (Wildman–Crippen MR) is 70.7 cm³/mol. The van der Waals surface area contributed by atoms with Gasteiger partial charge in [-0.1, -0.05) is 33.1 Å². The Kier molecular flexibility index (Phi) is 6.52. The molecule has 0 aliphatic carbocycles. The van der Waals surface area contributed by atoms with Crippen molar-refractivity contribution in [1.29, 1.82) is 0 Å². The Labute approximate surface area is 105 Å². The van der Waals surface area contributed by atoms with Crippen molar-refractivity contribution in [3.8, 4) is 0 Å². The molecule has 0 bridgehead atoms. The number of piperazine rings is 1. The smallest absolute Gasteiger partial charge is 0.236 e. The van der Waals surface area contributed by atoms with Crippen LogP contribution in [0.5, 0.6) is 0 Å². The van der Waals surface area contributed by atoms with Crippen LogP contribution in [-0.4, -0.2) is 43.0 Å². The van der Waals surface area contributed by atoms with Crippen molar-refractivity contribution in [2.24, 2.45) is 11.7 Å². The molecule has 17 heavy (non-hydrogen) atoms. The van der Waals surface area contributed by atoms with E-state index in [1.807, 2.05) is 0 Å². The van der Waals surface area contributed by atoms with E-state index in [0.717, 1.165) is 19.6 Å². The van der Waals surface area contributed by atoms with Crippen LogP contribution in [0.4, 0.5) is 0 Å². The van der Waals surface area contributed by atoms with E-state index in [1.165, 1.54) is 25.7 Å². The zero-order chi connectivity index (χ0) is 12.7. The third-order valence-corrected chi connectivity index (χ3v) is 3.72. The monoisotopic (exact) mass is 241 g/mol. The minimum absolute atomic E-state index is 0.112. The fourth-order valence-corrected chi connectivity index (χ4v) is 2.49. The lowest BCUT2D eigenvalue weighted by atomic mass is 9.97. The van der Waals surface area contributed by atoms with Gasteiger partial charge in [-0.15, -0.1) is 0 Å². The van der Waals surface area contributed by atoms with Gasteiger partial charge in [0.2, 0.25) is 5.91 Å². The molecule has 100 valence electrons. The largest absolute Gasteiger partial charge is 0.368 e. The van der Waals surface area contributed by atoms with Crippen LogP contribution in [0.2, 0.25) is 0 Å². The number of amides is 1. The highest BCUT2D eigenvalue weighted by atomic mass is 16.1. The number of nitrogens with zero attached hydrogens (tertiary/aromatic N) is 1. The van der Waals surface area contributed by atoms with Crippen LogP contribution in [0.3, 0.4) is 0 Å².